The summed E-state index contributed by atoms with van der Waals surface area (Å²) in [7, 11) is 0. The highest BCUT2D eigenvalue weighted by Crippen LogP contribution is 2.30. The zero-order valence-corrected chi connectivity index (χ0v) is 15.2. The van der Waals surface area contributed by atoms with Gasteiger partial charge in [-0.05, 0) is 24.6 Å². The van der Waals surface area contributed by atoms with Gasteiger partial charge in [-0.25, -0.2) is 0 Å². The molecule has 1 N–H and O–H groups in total. The Morgan fingerprint density at radius 3 is 2.85 bits per heavy atom. The van der Waals surface area contributed by atoms with Gasteiger partial charge >= 0.3 is 0 Å². The first kappa shape index (κ1) is 17.2. The highest BCUT2D eigenvalue weighted by molar-refractivity contribution is 6.05. The zero-order valence-electron chi connectivity index (χ0n) is 15.2. The van der Waals surface area contributed by atoms with Gasteiger partial charge in [0.15, 0.2) is 0 Å². The molecule has 1 fully saturated rings. The summed E-state index contributed by atoms with van der Waals surface area (Å²) < 4.78 is 0. The van der Waals surface area contributed by atoms with Gasteiger partial charge in [0.2, 0.25) is 11.8 Å². The van der Waals surface area contributed by atoms with Crippen LogP contribution in [0.4, 0.5) is 5.69 Å². The first-order valence-electron chi connectivity index (χ1n) is 9.09. The topological polar surface area (TPSA) is 62.3 Å². The molecule has 1 atom stereocenters. The van der Waals surface area contributed by atoms with Gasteiger partial charge in [-0.15, -0.1) is 0 Å². The monoisotopic (exact) mass is 359 g/mol. The summed E-state index contributed by atoms with van der Waals surface area (Å²) in [5.74, 6) is -0.467. The summed E-state index contributed by atoms with van der Waals surface area (Å²) in [5.41, 5.74) is 3.77. The van der Waals surface area contributed by atoms with Crippen LogP contribution in [0.3, 0.4) is 0 Å². The van der Waals surface area contributed by atoms with Crippen LogP contribution < -0.4 is 10.2 Å². The number of amides is 2. The lowest BCUT2D eigenvalue weighted by Crippen LogP contribution is -2.32. The van der Waals surface area contributed by atoms with Crippen molar-refractivity contribution in [2.45, 2.75) is 19.9 Å². The van der Waals surface area contributed by atoms with Crippen LogP contribution in [0.25, 0.3) is 10.9 Å². The van der Waals surface area contributed by atoms with Gasteiger partial charge in [-0.2, -0.15) is 0 Å². The van der Waals surface area contributed by atoms with Gasteiger partial charge in [0.05, 0.1) is 17.1 Å². The van der Waals surface area contributed by atoms with Crippen LogP contribution in [-0.4, -0.2) is 23.3 Å². The number of nitrogens with zero attached hydrogens (tertiary/aromatic N) is 2. The van der Waals surface area contributed by atoms with Gasteiger partial charge in [-0.3, -0.25) is 14.6 Å². The van der Waals surface area contributed by atoms with Gasteiger partial charge in [-0.1, -0.05) is 48.0 Å². The second kappa shape index (κ2) is 7.19. The number of hydrogen-bond donors (Lipinski definition) is 1. The predicted molar refractivity (Wildman–Crippen MR) is 105 cm³/mol. The Bertz CT molecular complexity index is 1010. The summed E-state index contributed by atoms with van der Waals surface area (Å²) in [4.78, 5) is 31.3. The summed E-state index contributed by atoms with van der Waals surface area (Å²) in [6.45, 7) is 2.88. The number of pyridine rings is 1. The molecule has 1 unspecified atom stereocenters. The van der Waals surface area contributed by atoms with Crippen molar-refractivity contribution in [2.75, 3.05) is 11.4 Å². The van der Waals surface area contributed by atoms with Crippen LogP contribution in [0.15, 0.2) is 60.8 Å². The van der Waals surface area contributed by atoms with Crippen molar-refractivity contribution < 1.29 is 9.59 Å². The Hall–Kier alpha value is -3.21. The molecule has 1 aromatic heterocycles. The molecule has 27 heavy (non-hydrogen) atoms. The lowest BCUT2D eigenvalue weighted by molar-refractivity contribution is -0.126. The number of benzene rings is 2. The molecular formula is C22H21N3O2. The van der Waals surface area contributed by atoms with Crippen LogP contribution >= 0.6 is 0 Å². The van der Waals surface area contributed by atoms with E-state index in [9.17, 15) is 9.59 Å². The van der Waals surface area contributed by atoms with Crippen LogP contribution in [0.2, 0.25) is 0 Å². The Kier molecular flexibility index (Phi) is 4.59. The molecule has 1 aliphatic rings. The SMILES string of the molecule is Cc1cccc(CNC(=O)C2CC(=O)N(c3cccc4cccnc34)C2)c1. The Balaban J connectivity index is 1.48. The van der Waals surface area contributed by atoms with Crippen LogP contribution in [0.1, 0.15) is 17.5 Å². The van der Waals surface area contributed by atoms with Crippen molar-refractivity contribution in [2.24, 2.45) is 5.92 Å². The zero-order chi connectivity index (χ0) is 18.8. The summed E-state index contributed by atoms with van der Waals surface area (Å²) in [6.07, 6.45) is 1.95. The fraction of sp³-hybridized carbons (Fsp3) is 0.227. The molecule has 1 aliphatic heterocycles. The number of aryl methyl sites for hydroxylation is 1. The molecule has 136 valence electrons. The fourth-order valence-electron chi connectivity index (χ4n) is 3.58. The van der Waals surface area contributed by atoms with E-state index in [1.54, 1.807) is 11.1 Å². The van der Waals surface area contributed by atoms with E-state index >= 15 is 0 Å². The first-order chi connectivity index (χ1) is 13.1. The molecule has 1 saturated heterocycles. The normalized spacial score (nSPS) is 16.7. The van der Waals surface area contributed by atoms with E-state index in [2.05, 4.69) is 10.3 Å². The van der Waals surface area contributed by atoms with Crippen molar-refractivity contribution in [3.05, 3.63) is 71.9 Å². The van der Waals surface area contributed by atoms with Gasteiger partial charge < -0.3 is 10.2 Å². The van der Waals surface area contributed by atoms with Gasteiger partial charge in [0.25, 0.3) is 0 Å². The summed E-state index contributed by atoms with van der Waals surface area (Å²) in [5, 5.41) is 3.95. The third-order valence-electron chi connectivity index (χ3n) is 4.95. The minimum atomic E-state index is -0.346. The quantitative estimate of drug-likeness (QED) is 0.778. The number of rotatable bonds is 4. The molecule has 0 saturated carbocycles. The van der Waals surface area contributed by atoms with Crippen molar-refractivity contribution in [3.8, 4) is 0 Å². The minimum Gasteiger partial charge on any atom is -0.352 e. The number of carbonyl (C=O) groups excluding carboxylic acids is 2. The Labute approximate surface area is 158 Å². The maximum absolute atomic E-state index is 12.6. The largest absolute Gasteiger partial charge is 0.352 e. The van der Waals surface area contributed by atoms with E-state index in [1.807, 2.05) is 61.5 Å². The van der Waals surface area contributed by atoms with Crippen molar-refractivity contribution in [1.82, 2.24) is 10.3 Å². The molecule has 0 bridgehead atoms. The summed E-state index contributed by atoms with van der Waals surface area (Å²) >= 11 is 0. The van der Waals surface area contributed by atoms with Crippen molar-refractivity contribution >= 4 is 28.4 Å². The molecule has 0 spiro atoms. The maximum Gasteiger partial charge on any atom is 0.227 e. The van der Waals surface area contributed by atoms with E-state index in [0.29, 0.717) is 13.1 Å². The molecule has 3 aromatic rings. The molecule has 5 nitrogen and oxygen atoms in total. The lowest BCUT2D eigenvalue weighted by atomic mass is 10.1. The molecule has 2 aromatic carbocycles. The third kappa shape index (κ3) is 3.53. The maximum atomic E-state index is 12.6. The minimum absolute atomic E-state index is 0.0381. The number of fused-ring (bicyclic) bond motifs is 1. The van der Waals surface area contributed by atoms with Crippen LogP contribution in [0.5, 0.6) is 0 Å². The van der Waals surface area contributed by atoms with Gasteiger partial charge in [0.1, 0.15) is 0 Å². The standard InChI is InChI=1S/C22H21N3O2/c1-15-5-2-6-16(11-15)13-24-22(27)18-12-20(26)25(14-18)19-9-3-7-17-8-4-10-23-21(17)19/h2-11,18H,12-14H2,1H3,(H,24,27). The van der Waals surface area contributed by atoms with Crippen LogP contribution in [0, 0.1) is 12.8 Å². The van der Waals surface area contributed by atoms with Crippen molar-refractivity contribution in [3.63, 3.8) is 0 Å². The second-order valence-corrected chi connectivity index (χ2v) is 6.96. The van der Waals surface area contributed by atoms with E-state index in [4.69, 9.17) is 0 Å². The predicted octanol–water partition coefficient (Wildman–Crippen LogP) is 3.21. The number of hydrogen-bond acceptors (Lipinski definition) is 3. The lowest BCUT2D eigenvalue weighted by Gasteiger charge is -2.18. The molecule has 0 aliphatic carbocycles. The molecule has 2 heterocycles. The third-order valence-corrected chi connectivity index (χ3v) is 4.95. The molecule has 4 rings (SSSR count). The Morgan fingerprint density at radius 2 is 2.00 bits per heavy atom. The molecule has 5 heteroatoms. The second-order valence-electron chi connectivity index (χ2n) is 6.96. The van der Waals surface area contributed by atoms with E-state index in [0.717, 1.165) is 27.7 Å². The average molecular weight is 359 g/mol. The highest BCUT2D eigenvalue weighted by atomic mass is 16.2. The number of carbonyl (C=O) groups is 2. The van der Waals surface area contributed by atoms with Gasteiger partial charge in [0, 0.05) is 31.1 Å². The number of anilines is 1. The molecular weight excluding hydrogens is 338 g/mol. The smallest absolute Gasteiger partial charge is 0.227 e. The average Bonchev–Trinajstić information content (AvgIpc) is 3.07. The first-order valence-corrected chi connectivity index (χ1v) is 9.09. The van der Waals surface area contributed by atoms with E-state index in [-0.39, 0.29) is 24.2 Å². The van der Waals surface area contributed by atoms with E-state index < -0.39 is 0 Å². The Morgan fingerprint density at radius 1 is 1.19 bits per heavy atom. The van der Waals surface area contributed by atoms with Crippen molar-refractivity contribution in [1.29, 1.82) is 0 Å². The van der Waals surface area contributed by atoms with E-state index in [1.165, 1.54) is 0 Å². The fourth-order valence-corrected chi connectivity index (χ4v) is 3.58. The van der Waals surface area contributed by atoms with Crippen LogP contribution in [-0.2, 0) is 16.1 Å². The molecule has 0 radical (unpaired) electrons. The number of nitrogens with one attached hydrogen (secondary N) is 1. The highest BCUT2D eigenvalue weighted by Gasteiger charge is 2.35. The number of para-hydroxylation sites is 1. The number of aromatic nitrogens is 1. The summed E-state index contributed by atoms with van der Waals surface area (Å²) in [6, 6.07) is 17.7. The molecule has 2 amide bonds.